The Morgan fingerprint density at radius 2 is 1.88 bits per heavy atom. The van der Waals surface area contributed by atoms with E-state index in [1.807, 2.05) is 20.8 Å². The third-order valence-electron chi connectivity index (χ3n) is 2.68. The molecule has 5 nitrogen and oxygen atoms in total. The number of hydrogen-bond donors (Lipinski definition) is 1. The highest BCUT2D eigenvalue weighted by molar-refractivity contribution is 5.82. The van der Waals surface area contributed by atoms with E-state index in [0.29, 0.717) is 19.4 Å². The molecule has 17 heavy (non-hydrogen) atoms. The monoisotopic (exact) mass is 244 g/mol. The quantitative estimate of drug-likeness (QED) is 0.725. The van der Waals surface area contributed by atoms with E-state index in [-0.39, 0.29) is 17.3 Å². The van der Waals surface area contributed by atoms with E-state index >= 15 is 0 Å². The summed E-state index contributed by atoms with van der Waals surface area (Å²) in [7, 11) is 3.05. The van der Waals surface area contributed by atoms with E-state index < -0.39 is 6.04 Å². The number of carbonyl (C=O) groups excluding carboxylic acids is 2. The molecular formula is C12H24N2O3. The van der Waals surface area contributed by atoms with Crippen LogP contribution in [0.25, 0.3) is 0 Å². The van der Waals surface area contributed by atoms with E-state index in [4.69, 9.17) is 5.73 Å². The zero-order valence-corrected chi connectivity index (χ0v) is 11.4. The first-order chi connectivity index (χ1) is 7.70. The first-order valence-corrected chi connectivity index (χ1v) is 5.77. The molecule has 0 aromatic carbocycles. The first-order valence-electron chi connectivity index (χ1n) is 5.77. The Kier molecular flexibility index (Phi) is 6.16. The lowest BCUT2D eigenvalue weighted by atomic mass is 9.86. The summed E-state index contributed by atoms with van der Waals surface area (Å²) in [5.74, 6) is -0.353. The van der Waals surface area contributed by atoms with Gasteiger partial charge in [-0.3, -0.25) is 9.59 Å². The molecule has 0 saturated carbocycles. The number of esters is 1. The molecule has 0 aliphatic carbocycles. The van der Waals surface area contributed by atoms with Gasteiger partial charge in [0.05, 0.1) is 13.2 Å². The Labute approximate surface area is 103 Å². The van der Waals surface area contributed by atoms with E-state index in [1.165, 1.54) is 7.11 Å². The molecule has 0 fully saturated rings. The highest BCUT2D eigenvalue weighted by Crippen LogP contribution is 2.18. The van der Waals surface area contributed by atoms with Crippen molar-refractivity contribution in [2.45, 2.75) is 39.7 Å². The highest BCUT2D eigenvalue weighted by Gasteiger charge is 2.29. The molecule has 0 heterocycles. The third kappa shape index (κ3) is 5.68. The minimum Gasteiger partial charge on any atom is -0.469 e. The summed E-state index contributed by atoms with van der Waals surface area (Å²) in [5, 5.41) is 0. The lowest BCUT2D eigenvalue weighted by molar-refractivity contribution is -0.141. The van der Waals surface area contributed by atoms with Crippen LogP contribution >= 0.6 is 0 Å². The summed E-state index contributed by atoms with van der Waals surface area (Å²) >= 11 is 0. The van der Waals surface area contributed by atoms with Crippen molar-refractivity contribution in [3.05, 3.63) is 0 Å². The van der Waals surface area contributed by atoms with Gasteiger partial charge < -0.3 is 15.4 Å². The predicted molar refractivity (Wildman–Crippen MR) is 66.3 cm³/mol. The summed E-state index contributed by atoms with van der Waals surface area (Å²) in [5.41, 5.74) is 5.61. The number of nitrogens with zero attached hydrogens (tertiary/aromatic N) is 1. The van der Waals surface area contributed by atoms with Crippen LogP contribution in [0.5, 0.6) is 0 Å². The van der Waals surface area contributed by atoms with E-state index in [2.05, 4.69) is 4.74 Å². The Morgan fingerprint density at radius 3 is 2.29 bits per heavy atom. The van der Waals surface area contributed by atoms with Crippen molar-refractivity contribution in [2.24, 2.45) is 11.1 Å². The van der Waals surface area contributed by atoms with Crippen LogP contribution in [0.4, 0.5) is 0 Å². The molecule has 0 aliphatic rings. The van der Waals surface area contributed by atoms with Crippen LogP contribution in [0.3, 0.4) is 0 Å². The normalized spacial score (nSPS) is 13.1. The van der Waals surface area contributed by atoms with Crippen LogP contribution in [0.1, 0.15) is 33.6 Å². The second kappa shape index (κ2) is 6.59. The maximum absolute atomic E-state index is 11.9. The lowest BCUT2D eigenvalue weighted by Gasteiger charge is -2.29. The van der Waals surface area contributed by atoms with Crippen molar-refractivity contribution in [2.75, 3.05) is 20.7 Å². The lowest BCUT2D eigenvalue weighted by Crippen LogP contribution is -2.49. The molecule has 0 saturated heterocycles. The first kappa shape index (κ1) is 15.9. The highest BCUT2D eigenvalue weighted by atomic mass is 16.5. The number of ether oxygens (including phenoxy) is 1. The predicted octanol–water partition coefficient (Wildman–Crippen LogP) is 0.771. The molecule has 0 spiro atoms. The second-order valence-corrected chi connectivity index (χ2v) is 5.28. The molecule has 1 amide bonds. The fourth-order valence-corrected chi connectivity index (χ4v) is 1.28. The smallest absolute Gasteiger partial charge is 0.305 e. The number of likely N-dealkylation sites (N-methyl/N-ethyl adjacent to an activating group) is 1. The van der Waals surface area contributed by atoms with Crippen LogP contribution in [0, 0.1) is 5.41 Å². The van der Waals surface area contributed by atoms with Crippen molar-refractivity contribution in [1.82, 2.24) is 4.90 Å². The molecule has 0 aromatic heterocycles. The number of rotatable bonds is 5. The molecule has 0 rings (SSSR count). The maximum atomic E-state index is 11.9. The largest absolute Gasteiger partial charge is 0.469 e. The van der Waals surface area contributed by atoms with Crippen molar-refractivity contribution in [3.8, 4) is 0 Å². The van der Waals surface area contributed by atoms with Gasteiger partial charge in [-0.05, 0) is 11.8 Å². The van der Waals surface area contributed by atoms with Gasteiger partial charge in [0, 0.05) is 20.0 Å². The zero-order chi connectivity index (χ0) is 13.6. The van der Waals surface area contributed by atoms with Gasteiger partial charge in [0.25, 0.3) is 0 Å². The van der Waals surface area contributed by atoms with Crippen LogP contribution in [-0.4, -0.2) is 43.5 Å². The van der Waals surface area contributed by atoms with Gasteiger partial charge in [-0.2, -0.15) is 0 Å². The number of hydrogen-bond acceptors (Lipinski definition) is 4. The fourth-order valence-electron chi connectivity index (χ4n) is 1.28. The molecule has 1 atom stereocenters. The Bertz CT molecular complexity index is 271. The molecular weight excluding hydrogens is 220 g/mol. The van der Waals surface area contributed by atoms with E-state index in [9.17, 15) is 9.59 Å². The molecule has 2 N–H and O–H groups in total. The van der Waals surface area contributed by atoms with Crippen LogP contribution in [-0.2, 0) is 14.3 Å². The van der Waals surface area contributed by atoms with Gasteiger partial charge >= 0.3 is 5.97 Å². The SMILES string of the molecule is COC(=O)CCCN(C)C(=O)[C@@H](N)C(C)(C)C. The van der Waals surface area contributed by atoms with Gasteiger partial charge in [0.2, 0.25) is 5.91 Å². The summed E-state index contributed by atoms with van der Waals surface area (Å²) in [6, 6.07) is -0.523. The Hall–Kier alpha value is -1.10. The van der Waals surface area contributed by atoms with Gasteiger partial charge in [0.1, 0.15) is 0 Å². The number of nitrogens with two attached hydrogens (primary N) is 1. The number of methoxy groups -OCH3 is 1. The van der Waals surface area contributed by atoms with E-state index in [0.717, 1.165) is 0 Å². The number of carbonyl (C=O) groups is 2. The molecule has 0 aromatic rings. The van der Waals surface area contributed by atoms with Crippen LogP contribution < -0.4 is 5.73 Å². The molecule has 100 valence electrons. The van der Waals surface area contributed by atoms with Gasteiger partial charge in [0.15, 0.2) is 0 Å². The molecule has 5 heteroatoms. The standard InChI is InChI=1S/C12H24N2O3/c1-12(2,3)10(13)11(16)14(4)8-6-7-9(15)17-5/h10H,6-8,13H2,1-5H3/t10-/m1/s1. The molecule has 0 unspecified atom stereocenters. The van der Waals surface area contributed by atoms with Crippen LogP contribution in [0.2, 0.25) is 0 Å². The van der Waals surface area contributed by atoms with Crippen molar-refractivity contribution >= 4 is 11.9 Å². The zero-order valence-electron chi connectivity index (χ0n) is 11.4. The minimum atomic E-state index is -0.523. The summed E-state index contributed by atoms with van der Waals surface area (Å²) in [6.45, 7) is 6.30. The van der Waals surface area contributed by atoms with Crippen molar-refractivity contribution in [1.29, 1.82) is 0 Å². The van der Waals surface area contributed by atoms with E-state index in [1.54, 1.807) is 11.9 Å². The third-order valence-corrected chi connectivity index (χ3v) is 2.68. The number of amides is 1. The van der Waals surface area contributed by atoms with Gasteiger partial charge in [-0.1, -0.05) is 20.8 Å². The summed E-state index contributed by atoms with van der Waals surface area (Å²) < 4.78 is 4.53. The second-order valence-electron chi connectivity index (χ2n) is 5.28. The molecule has 0 radical (unpaired) electrons. The molecule has 0 bridgehead atoms. The Balaban J connectivity index is 4.11. The maximum Gasteiger partial charge on any atom is 0.305 e. The van der Waals surface area contributed by atoms with Gasteiger partial charge in [-0.15, -0.1) is 0 Å². The summed E-state index contributed by atoms with van der Waals surface area (Å²) in [4.78, 5) is 24.4. The van der Waals surface area contributed by atoms with Crippen LogP contribution in [0.15, 0.2) is 0 Å². The van der Waals surface area contributed by atoms with Gasteiger partial charge in [-0.25, -0.2) is 0 Å². The summed E-state index contributed by atoms with van der Waals surface area (Å²) in [6.07, 6.45) is 0.907. The van der Waals surface area contributed by atoms with Crippen molar-refractivity contribution in [3.63, 3.8) is 0 Å². The van der Waals surface area contributed by atoms with Crippen molar-refractivity contribution < 1.29 is 14.3 Å². The fraction of sp³-hybridized carbons (Fsp3) is 0.833. The topological polar surface area (TPSA) is 72.6 Å². The Morgan fingerprint density at radius 1 is 1.35 bits per heavy atom. The molecule has 0 aliphatic heterocycles. The minimum absolute atomic E-state index is 0.0950. The average Bonchev–Trinajstić information content (AvgIpc) is 2.25. The average molecular weight is 244 g/mol.